The SMILES string of the molecule is O=C1C(C(F)(F)F)CN(Cc2ccc(Cl)cc2)N1c1ccc(C(F)(F)F)cc1. The van der Waals surface area contributed by atoms with Crippen molar-refractivity contribution in [1.29, 1.82) is 0 Å². The molecular formula is C18H13ClF6N2O. The van der Waals surface area contributed by atoms with E-state index in [0.717, 1.165) is 34.3 Å². The van der Waals surface area contributed by atoms with Crippen molar-refractivity contribution in [2.45, 2.75) is 18.9 Å². The van der Waals surface area contributed by atoms with Crippen LogP contribution in [0, 0.1) is 5.92 Å². The second-order valence-electron chi connectivity index (χ2n) is 6.26. The van der Waals surface area contributed by atoms with Gasteiger partial charge in [0.2, 0.25) is 0 Å². The number of benzene rings is 2. The van der Waals surface area contributed by atoms with Crippen LogP contribution in [0.1, 0.15) is 11.1 Å². The van der Waals surface area contributed by atoms with Gasteiger partial charge in [0.05, 0.1) is 11.3 Å². The smallest absolute Gasteiger partial charge is 0.272 e. The third kappa shape index (κ3) is 4.25. The molecule has 1 atom stereocenters. The molecule has 2 aromatic rings. The largest absolute Gasteiger partial charge is 0.416 e. The van der Waals surface area contributed by atoms with Crippen LogP contribution in [0.15, 0.2) is 48.5 Å². The molecular weight excluding hydrogens is 410 g/mol. The molecule has 10 heteroatoms. The lowest BCUT2D eigenvalue weighted by Gasteiger charge is -2.28. The number of nitrogens with zero attached hydrogens (tertiary/aromatic N) is 2. The molecule has 2 aromatic carbocycles. The van der Waals surface area contributed by atoms with E-state index in [4.69, 9.17) is 11.6 Å². The number of amides is 1. The van der Waals surface area contributed by atoms with Crippen LogP contribution in [0.5, 0.6) is 0 Å². The van der Waals surface area contributed by atoms with Gasteiger partial charge in [0, 0.05) is 18.1 Å². The van der Waals surface area contributed by atoms with Crippen LogP contribution in [-0.2, 0) is 17.5 Å². The molecule has 1 aliphatic rings. The molecule has 0 radical (unpaired) electrons. The molecule has 1 amide bonds. The monoisotopic (exact) mass is 422 g/mol. The lowest BCUT2D eigenvalue weighted by Crippen LogP contribution is -2.39. The number of hydrogen-bond acceptors (Lipinski definition) is 2. The number of alkyl halides is 6. The molecule has 0 aromatic heterocycles. The predicted octanol–water partition coefficient (Wildman–Crippen LogP) is 5.30. The maximum atomic E-state index is 13.2. The Balaban J connectivity index is 1.93. The predicted molar refractivity (Wildman–Crippen MR) is 90.3 cm³/mol. The Morgan fingerprint density at radius 3 is 2.00 bits per heavy atom. The summed E-state index contributed by atoms with van der Waals surface area (Å²) < 4.78 is 78.0. The minimum Gasteiger partial charge on any atom is -0.272 e. The van der Waals surface area contributed by atoms with Crippen molar-refractivity contribution in [1.82, 2.24) is 5.01 Å². The van der Waals surface area contributed by atoms with Crippen LogP contribution in [0.4, 0.5) is 32.0 Å². The minimum absolute atomic E-state index is 0.0451. The Morgan fingerprint density at radius 1 is 0.929 bits per heavy atom. The number of rotatable bonds is 3. The van der Waals surface area contributed by atoms with Crippen molar-refractivity contribution in [2.24, 2.45) is 5.92 Å². The Morgan fingerprint density at radius 2 is 1.50 bits per heavy atom. The van der Waals surface area contributed by atoms with E-state index in [1.807, 2.05) is 0 Å². The lowest BCUT2D eigenvalue weighted by atomic mass is 10.1. The number of hydrogen-bond donors (Lipinski definition) is 0. The van der Waals surface area contributed by atoms with Crippen LogP contribution in [0.2, 0.25) is 5.02 Å². The highest BCUT2D eigenvalue weighted by molar-refractivity contribution is 6.30. The highest BCUT2D eigenvalue weighted by atomic mass is 35.5. The van der Waals surface area contributed by atoms with Crippen LogP contribution in [0.25, 0.3) is 0 Å². The Labute approximate surface area is 161 Å². The Kier molecular flexibility index (Phi) is 5.33. The van der Waals surface area contributed by atoms with E-state index in [9.17, 15) is 31.1 Å². The zero-order valence-corrected chi connectivity index (χ0v) is 14.8. The van der Waals surface area contributed by atoms with Gasteiger partial charge in [0.25, 0.3) is 5.91 Å². The van der Waals surface area contributed by atoms with Crippen molar-refractivity contribution in [3.63, 3.8) is 0 Å². The molecule has 1 heterocycles. The van der Waals surface area contributed by atoms with Gasteiger partial charge in [0.1, 0.15) is 5.92 Å². The van der Waals surface area contributed by atoms with Gasteiger partial charge in [-0.15, -0.1) is 0 Å². The zero-order chi connectivity index (χ0) is 20.7. The first-order chi connectivity index (χ1) is 13.0. The fourth-order valence-corrected chi connectivity index (χ4v) is 3.04. The molecule has 0 bridgehead atoms. The Bertz CT molecular complexity index is 848. The van der Waals surface area contributed by atoms with E-state index in [1.165, 1.54) is 0 Å². The lowest BCUT2D eigenvalue weighted by molar-refractivity contribution is -0.175. The maximum Gasteiger partial charge on any atom is 0.416 e. The molecule has 0 aliphatic carbocycles. The fourth-order valence-electron chi connectivity index (χ4n) is 2.92. The van der Waals surface area contributed by atoms with Crippen molar-refractivity contribution < 1.29 is 31.1 Å². The molecule has 1 fully saturated rings. The quantitative estimate of drug-likeness (QED) is 0.627. The van der Waals surface area contributed by atoms with E-state index in [2.05, 4.69) is 0 Å². The van der Waals surface area contributed by atoms with Gasteiger partial charge in [-0.3, -0.25) is 4.79 Å². The second kappa shape index (κ2) is 7.29. The highest BCUT2D eigenvalue weighted by Crippen LogP contribution is 2.38. The van der Waals surface area contributed by atoms with Gasteiger partial charge in [0.15, 0.2) is 0 Å². The first kappa shape index (κ1) is 20.5. The van der Waals surface area contributed by atoms with E-state index < -0.39 is 36.3 Å². The fraction of sp³-hybridized carbons (Fsp3) is 0.278. The summed E-state index contributed by atoms with van der Waals surface area (Å²) >= 11 is 5.79. The summed E-state index contributed by atoms with van der Waals surface area (Å²) in [6, 6.07) is 9.71. The van der Waals surface area contributed by atoms with E-state index in [1.54, 1.807) is 24.3 Å². The van der Waals surface area contributed by atoms with Gasteiger partial charge < -0.3 is 0 Å². The van der Waals surface area contributed by atoms with E-state index in [0.29, 0.717) is 10.6 Å². The van der Waals surface area contributed by atoms with Crippen LogP contribution in [0.3, 0.4) is 0 Å². The molecule has 3 rings (SSSR count). The summed E-state index contributed by atoms with van der Waals surface area (Å²) in [4.78, 5) is 12.4. The molecule has 3 nitrogen and oxygen atoms in total. The van der Waals surface area contributed by atoms with Gasteiger partial charge in [-0.25, -0.2) is 10.0 Å². The number of hydrazine groups is 1. The van der Waals surface area contributed by atoms with E-state index in [-0.39, 0.29) is 12.2 Å². The van der Waals surface area contributed by atoms with Crippen molar-refractivity contribution >= 4 is 23.2 Å². The van der Waals surface area contributed by atoms with Gasteiger partial charge >= 0.3 is 12.4 Å². The topological polar surface area (TPSA) is 23.6 Å². The number of carbonyl (C=O) groups excluding carboxylic acids is 1. The third-order valence-electron chi connectivity index (χ3n) is 4.30. The molecule has 1 saturated heterocycles. The molecule has 150 valence electrons. The second-order valence-corrected chi connectivity index (χ2v) is 6.70. The number of halogens is 7. The normalized spacial score (nSPS) is 18.8. The van der Waals surface area contributed by atoms with Crippen LogP contribution < -0.4 is 5.01 Å². The first-order valence-corrected chi connectivity index (χ1v) is 8.42. The molecule has 1 unspecified atom stereocenters. The summed E-state index contributed by atoms with van der Waals surface area (Å²) in [6.07, 6.45) is -9.36. The van der Waals surface area contributed by atoms with Crippen LogP contribution >= 0.6 is 11.6 Å². The third-order valence-corrected chi connectivity index (χ3v) is 4.55. The minimum atomic E-state index is -4.77. The van der Waals surface area contributed by atoms with Crippen molar-refractivity contribution in [3.8, 4) is 0 Å². The highest BCUT2D eigenvalue weighted by Gasteiger charge is 2.53. The zero-order valence-electron chi connectivity index (χ0n) is 14.1. The summed E-state index contributed by atoms with van der Waals surface area (Å²) in [5.41, 5.74) is -0.435. The Hall–Kier alpha value is -2.26. The molecule has 1 aliphatic heterocycles. The molecule has 0 saturated carbocycles. The summed E-state index contributed by atoms with van der Waals surface area (Å²) in [5, 5.41) is 2.38. The maximum absolute atomic E-state index is 13.2. The summed E-state index contributed by atoms with van der Waals surface area (Å²) in [7, 11) is 0. The summed E-state index contributed by atoms with van der Waals surface area (Å²) in [6.45, 7) is -0.678. The average Bonchev–Trinajstić information content (AvgIpc) is 2.93. The molecule has 0 spiro atoms. The van der Waals surface area contributed by atoms with Crippen LogP contribution in [-0.4, -0.2) is 23.6 Å². The standard InChI is InChI=1S/C18H13ClF6N2O/c19-13-5-1-11(2-6-13)9-26-10-15(18(23,24)25)16(28)27(26)14-7-3-12(4-8-14)17(20,21)22/h1-8,15H,9-10H2. The summed E-state index contributed by atoms with van der Waals surface area (Å²) in [5.74, 6) is -3.50. The average molecular weight is 423 g/mol. The van der Waals surface area contributed by atoms with E-state index >= 15 is 0 Å². The molecule has 28 heavy (non-hydrogen) atoms. The number of anilines is 1. The van der Waals surface area contributed by atoms with Gasteiger partial charge in [-0.2, -0.15) is 26.3 Å². The van der Waals surface area contributed by atoms with Gasteiger partial charge in [-0.05, 0) is 42.0 Å². The molecule has 0 N–H and O–H groups in total. The van der Waals surface area contributed by atoms with Crippen molar-refractivity contribution in [2.75, 3.05) is 11.6 Å². The number of carbonyl (C=O) groups is 1. The van der Waals surface area contributed by atoms with Crippen molar-refractivity contribution in [3.05, 3.63) is 64.7 Å². The van der Waals surface area contributed by atoms with Gasteiger partial charge in [-0.1, -0.05) is 23.7 Å². The first-order valence-electron chi connectivity index (χ1n) is 8.04.